The Hall–Kier alpha value is -0.860. The molecule has 2 heteroatoms. The van der Waals surface area contributed by atoms with Crippen LogP contribution in [0.25, 0.3) is 0 Å². The van der Waals surface area contributed by atoms with Gasteiger partial charge in [-0.25, -0.2) is 0 Å². The summed E-state index contributed by atoms with van der Waals surface area (Å²) in [5.41, 5.74) is 7.27. The second-order valence-corrected chi connectivity index (χ2v) is 4.13. The fourth-order valence-corrected chi connectivity index (χ4v) is 1.18. The second-order valence-electron chi connectivity index (χ2n) is 4.13. The fraction of sp³-hybridized carbons (Fsp3) is 0.455. The van der Waals surface area contributed by atoms with Gasteiger partial charge in [-0.05, 0) is 26.3 Å². The molecule has 0 aliphatic heterocycles. The summed E-state index contributed by atoms with van der Waals surface area (Å²) in [6.07, 6.45) is -0.604. The van der Waals surface area contributed by atoms with Gasteiger partial charge in [0, 0.05) is 5.54 Å². The summed E-state index contributed by atoms with van der Waals surface area (Å²) in [6.45, 7) is 5.65. The molecule has 0 aromatic heterocycles. The van der Waals surface area contributed by atoms with Gasteiger partial charge in [-0.3, -0.25) is 0 Å². The van der Waals surface area contributed by atoms with Gasteiger partial charge in [-0.1, -0.05) is 29.8 Å². The molecular weight excluding hydrogens is 162 g/mol. The van der Waals surface area contributed by atoms with Gasteiger partial charge in [0.05, 0.1) is 6.10 Å². The van der Waals surface area contributed by atoms with E-state index in [0.29, 0.717) is 0 Å². The Balaban J connectivity index is 2.90. The van der Waals surface area contributed by atoms with Crippen molar-refractivity contribution in [2.75, 3.05) is 0 Å². The molecule has 3 N–H and O–H groups in total. The van der Waals surface area contributed by atoms with Crippen LogP contribution < -0.4 is 5.73 Å². The van der Waals surface area contributed by atoms with E-state index in [2.05, 4.69) is 0 Å². The van der Waals surface area contributed by atoms with Gasteiger partial charge in [0.2, 0.25) is 0 Å². The zero-order valence-electron chi connectivity index (χ0n) is 8.41. The second kappa shape index (κ2) is 3.48. The molecule has 1 aromatic rings. The van der Waals surface area contributed by atoms with Crippen LogP contribution in [0.5, 0.6) is 0 Å². The third-order valence-corrected chi connectivity index (χ3v) is 2.10. The number of rotatable bonds is 2. The number of aryl methyl sites for hydroxylation is 1. The van der Waals surface area contributed by atoms with Crippen molar-refractivity contribution in [2.24, 2.45) is 5.73 Å². The molecule has 0 aliphatic rings. The van der Waals surface area contributed by atoms with Gasteiger partial charge >= 0.3 is 0 Å². The van der Waals surface area contributed by atoms with E-state index in [1.165, 1.54) is 5.56 Å². The Morgan fingerprint density at radius 2 is 1.69 bits per heavy atom. The zero-order valence-corrected chi connectivity index (χ0v) is 8.41. The molecule has 0 radical (unpaired) electrons. The lowest BCUT2D eigenvalue weighted by atomic mass is 9.92. The molecule has 0 heterocycles. The Morgan fingerprint density at radius 1 is 1.23 bits per heavy atom. The maximum Gasteiger partial charge on any atom is 0.0963 e. The van der Waals surface area contributed by atoms with E-state index in [0.717, 1.165) is 5.56 Å². The van der Waals surface area contributed by atoms with Crippen LogP contribution in [0.3, 0.4) is 0 Å². The molecule has 0 bridgehead atoms. The molecule has 1 aromatic carbocycles. The van der Waals surface area contributed by atoms with Crippen molar-refractivity contribution in [3.8, 4) is 0 Å². The molecule has 0 saturated carbocycles. The zero-order chi connectivity index (χ0) is 10.1. The van der Waals surface area contributed by atoms with Crippen LogP contribution >= 0.6 is 0 Å². The Kier molecular flexibility index (Phi) is 2.74. The summed E-state index contributed by atoms with van der Waals surface area (Å²) in [4.78, 5) is 0. The van der Waals surface area contributed by atoms with E-state index in [9.17, 15) is 5.11 Å². The van der Waals surface area contributed by atoms with Crippen molar-refractivity contribution in [1.29, 1.82) is 0 Å². The third kappa shape index (κ3) is 2.54. The van der Waals surface area contributed by atoms with Crippen molar-refractivity contribution < 1.29 is 5.11 Å². The van der Waals surface area contributed by atoms with Crippen LogP contribution in [0.15, 0.2) is 24.3 Å². The first-order valence-corrected chi connectivity index (χ1v) is 4.45. The van der Waals surface area contributed by atoms with Crippen molar-refractivity contribution in [3.63, 3.8) is 0 Å². The van der Waals surface area contributed by atoms with Gasteiger partial charge in [0.1, 0.15) is 0 Å². The van der Waals surface area contributed by atoms with E-state index in [1.807, 2.05) is 45.0 Å². The molecule has 0 saturated heterocycles. The Bertz CT molecular complexity index is 271. The smallest absolute Gasteiger partial charge is 0.0963 e. The van der Waals surface area contributed by atoms with Crippen LogP contribution in [-0.2, 0) is 0 Å². The average Bonchev–Trinajstić information content (AvgIpc) is 2.03. The van der Waals surface area contributed by atoms with Crippen LogP contribution in [0.1, 0.15) is 31.1 Å². The summed E-state index contributed by atoms with van der Waals surface area (Å²) >= 11 is 0. The fourth-order valence-electron chi connectivity index (χ4n) is 1.18. The number of benzene rings is 1. The SMILES string of the molecule is Cc1ccc(C(O)C(C)(C)N)cc1. The van der Waals surface area contributed by atoms with Crippen LogP contribution in [-0.4, -0.2) is 10.6 Å². The highest BCUT2D eigenvalue weighted by Gasteiger charge is 2.23. The summed E-state index contributed by atoms with van der Waals surface area (Å²) in [5, 5.41) is 9.82. The Morgan fingerprint density at radius 3 is 2.08 bits per heavy atom. The highest BCUT2D eigenvalue weighted by atomic mass is 16.3. The molecule has 0 spiro atoms. The van der Waals surface area contributed by atoms with Gasteiger partial charge in [0.15, 0.2) is 0 Å². The average molecular weight is 179 g/mol. The Labute approximate surface area is 79.4 Å². The lowest BCUT2D eigenvalue weighted by molar-refractivity contribution is 0.104. The predicted octanol–water partition coefficient (Wildman–Crippen LogP) is 1.77. The minimum atomic E-state index is -0.604. The maximum absolute atomic E-state index is 9.82. The highest BCUT2D eigenvalue weighted by molar-refractivity contribution is 5.24. The first kappa shape index (κ1) is 10.2. The minimum absolute atomic E-state index is 0.588. The van der Waals surface area contributed by atoms with E-state index >= 15 is 0 Å². The number of hydrogen-bond donors (Lipinski definition) is 2. The van der Waals surface area contributed by atoms with Crippen LogP contribution in [0, 0.1) is 6.92 Å². The maximum atomic E-state index is 9.82. The lowest BCUT2D eigenvalue weighted by Gasteiger charge is -2.26. The number of aliphatic hydroxyl groups excluding tert-OH is 1. The minimum Gasteiger partial charge on any atom is -0.387 e. The molecule has 13 heavy (non-hydrogen) atoms. The van der Waals surface area contributed by atoms with Gasteiger partial charge in [-0.2, -0.15) is 0 Å². The molecule has 1 unspecified atom stereocenters. The third-order valence-electron chi connectivity index (χ3n) is 2.10. The molecular formula is C11H17NO. The first-order valence-electron chi connectivity index (χ1n) is 4.45. The predicted molar refractivity (Wildman–Crippen MR) is 54.4 cm³/mol. The van der Waals surface area contributed by atoms with Gasteiger partial charge in [-0.15, -0.1) is 0 Å². The van der Waals surface area contributed by atoms with Crippen LogP contribution in [0.2, 0.25) is 0 Å². The topological polar surface area (TPSA) is 46.2 Å². The molecule has 1 atom stereocenters. The summed E-state index contributed by atoms with van der Waals surface area (Å²) < 4.78 is 0. The monoisotopic (exact) mass is 179 g/mol. The first-order chi connectivity index (χ1) is 5.91. The number of hydrogen-bond acceptors (Lipinski definition) is 2. The highest BCUT2D eigenvalue weighted by Crippen LogP contribution is 2.22. The standard InChI is InChI=1S/C11H17NO/c1-8-4-6-9(7-5-8)10(13)11(2,3)12/h4-7,10,13H,12H2,1-3H3. The molecule has 72 valence electrons. The molecule has 0 fully saturated rings. The van der Waals surface area contributed by atoms with Crippen LogP contribution in [0.4, 0.5) is 0 Å². The molecule has 1 rings (SSSR count). The quantitative estimate of drug-likeness (QED) is 0.726. The normalized spacial score (nSPS) is 14.2. The van der Waals surface area contributed by atoms with Crippen molar-refractivity contribution in [2.45, 2.75) is 32.4 Å². The summed E-state index contributed by atoms with van der Waals surface area (Å²) in [5.74, 6) is 0. The summed E-state index contributed by atoms with van der Waals surface area (Å²) in [7, 11) is 0. The van der Waals surface area contributed by atoms with Crippen molar-refractivity contribution in [1.82, 2.24) is 0 Å². The molecule has 0 aliphatic carbocycles. The van der Waals surface area contributed by atoms with E-state index in [-0.39, 0.29) is 0 Å². The lowest BCUT2D eigenvalue weighted by Crippen LogP contribution is -2.39. The van der Waals surface area contributed by atoms with Gasteiger partial charge in [0.25, 0.3) is 0 Å². The number of nitrogens with two attached hydrogens (primary N) is 1. The number of aliphatic hydroxyl groups is 1. The van der Waals surface area contributed by atoms with Crippen molar-refractivity contribution >= 4 is 0 Å². The van der Waals surface area contributed by atoms with E-state index < -0.39 is 11.6 Å². The van der Waals surface area contributed by atoms with Gasteiger partial charge < -0.3 is 10.8 Å². The van der Waals surface area contributed by atoms with E-state index in [1.54, 1.807) is 0 Å². The largest absolute Gasteiger partial charge is 0.387 e. The van der Waals surface area contributed by atoms with E-state index in [4.69, 9.17) is 5.73 Å². The molecule has 2 nitrogen and oxygen atoms in total. The van der Waals surface area contributed by atoms with Crippen molar-refractivity contribution in [3.05, 3.63) is 35.4 Å². The molecule has 0 amide bonds. The summed E-state index contributed by atoms with van der Waals surface area (Å²) in [6, 6.07) is 7.78.